The fraction of sp³-hybridized carbons (Fsp3) is 0.278. The van der Waals surface area contributed by atoms with Crippen LogP contribution in [0.5, 0.6) is 0 Å². The molecule has 0 saturated heterocycles. The number of carbonyl (C=O) groups excluding carboxylic acids is 1. The van der Waals surface area contributed by atoms with Gasteiger partial charge in [-0.1, -0.05) is 54.1 Å². The van der Waals surface area contributed by atoms with Gasteiger partial charge in [-0.3, -0.25) is 4.79 Å². The Morgan fingerprint density at radius 1 is 1.13 bits per heavy atom. The summed E-state index contributed by atoms with van der Waals surface area (Å²) in [6.07, 6.45) is -0.553. The third-order valence-corrected chi connectivity index (χ3v) is 4.71. The predicted molar refractivity (Wildman–Crippen MR) is 96.7 cm³/mol. The number of nitrogens with one attached hydrogen (secondary N) is 1. The van der Waals surface area contributed by atoms with E-state index >= 15 is 0 Å². The van der Waals surface area contributed by atoms with Crippen LogP contribution in [0.25, 0.3) is 0 Å². The van der Waals surface area contributed by atoms with Crippen LogP contribution < -0.4 is 5.32 Å². The van der Waals surface area contributed by atoms with Gasteiger partial charge in [0.05, 0.1) is 17.9 Å². The van der Waals surface area contributed by atoms with E-state index in [-0.39, 0.29) is 11.9 Å². The molecule has 0 bridgehead atoms. The lowest BCUT2D eigenvalue weighted by atomic mass is 10.1. The van der Waals surface area contributed by atoms with Crippen LogP contribution in [0.1, 0.15) is 30.2 Å². The number of benzene rings is 2. The number of aliphatic hydroxyl groups is 1. The average molecular weight is 350 g/mol. The van der Waals surface area contributed by atoms with Crippen LogP contribution >= 0.6 is 23.4 Å². The van der Waals surface area contributed by atoms with Crippen LogP contribution in [0.15, 0.2) is 54.6 Å². The van der Waals surface area contributed by atoms with Crippen molar-refractivity contribution in [1.29, 1.82) is 0 Å². The number of thioether (sulfide) groups is 1. The van der Waals surface area contributed by atoms with Crippen LogP contribution in [0.4, 0.5) is 0 Å². The maximum Gasteiger partial charge on any atom is 0.230 e. The van der Waals surface area contributed by atoms with Gasteiger partial charge in [0.15, 0.2) is 0 Å². The summed E-state index contributed by atoms with van der Waals surface area (Å²) in [5.41, 5.74) is 1.88. The number of rotatable bonds is 7. The van der Waals surface area contributed by atoms with Gasteiger partial charge in [-0.15, -0.1) is 11.8 Å². The molecule has 1 amide bonds. The van der Waals surface area contributed by atoms with Crippen molar-refractivity contribution in [2.24, 2.45) is 0 Å². The molecule has 0 fully saturated rings. The van der Waals surface area contributed by atoms with Crippen molar-refractivity contribution in [3.8, 4) is 0 Å². The van der Waals surface area contributed by atoms with Crippen LogP contribution in [0, 0.1) is 0 Å². The molecule has 0 aliphatic rings. The first-order valence-corrected chi connectivity index (χ1v) is 8.95. The highest BCUT2D eigenvalue weighted by Crippen LogP contribution is 2.19. The molecule has 2 aromatic rings. The minimum Gasteiger partial charge on any atom is -0.388 e. The van der Waals surface area contributed by atoms with E-state index in [2.05, 4.69) is 5.32 Å². The van der Waals surface area contributed by atoms with Gasteiger partial charge in [0.2, 0.25) is 5.91 Å². The van der Waals surface area contributed by atoms with E-state index in [1.807, 2.05) is 61.5 Å². The summed E-state index contributed by atoms with van der Waals surface area (Å²) in [6, 6.07) is 16.8. The Hall–Kier alpha value is -1.49. The number of amides is 1. The van der Waals surface area contributed by atoms with E-state index in [4.69, 9.17) is 11.6 Å². The monoisotopic (exact) mass is 349 g/mol. The smallest absolute Gasteiger partial charge is 0.230 e. The fourth-order valence-electron chi connectivity index (χ4n) is 2.15. The van der Waals surface area contributed by atoms with Gasteiger partial charge in [-0.05, 0) is 30.2 Å². The molecule has 2 aromatic carbocycles. The maximum absolute atomic E-state index is 12.0. The van der Waals surface area contributed by atoms with Crippen molar-refractivity contribution < 1.29 is 9.90 Å². The summed E-state index contributed by atoms with van der Waals surface area (Å²) >= 11 is 7.28. The second-order valence-electron chi connectivity index (χ2n) is 5.28. The number of hydrogen-bond donors (Lipinski definition) is 2. The summed E-state index contributed by atoms with van der Waals surface area (Å²) < 4.78 is 0. The van der Waals surface area contributed by atoms with Crippen LogP contribution in [0.3, 0.4) is 0 Å². The molecular formula is C18H20ClNO2S. The largest absolute Gasteiger partial charge is 0.388 e. The maximum atomic E-state index is 12.0. The molecule has 5 heteroatoms. The van der Waals surface area contributed by atoms with Gasteiger partial charge in [-0.25, -0.2) is 0 Å². The van der Waals surface area contributed by atoms with E-state index in [1.165, 1.54) is 11.8 Å². The molecule has 0 radical (unpaired) electrons. The topological polar surface area (TPSA) is 49.3 Å². The first kappa shape index (κ1) is 17.9. The van der Waals surface area contributed by atoms with Gasteiger partial charge >= 0.3 is 0 Å². The minimum atomic E-state index is -0.553. The molecule has 0 aliphatic heterocycles. The average Bonchev–Trinajstić information content (AvgIpc) is 2.56. The Kier molecular flexibility index (Phi) is 6.96. The Bertz CT molecular complexity index is 619. The predicted octanol–water partition coefficient (Wildman–Crippen LogP) is 3.98. The molecule has 23 heavy (non-hydrogen) atoms. The molecular weight excluding hydrogens is 330 g/mol. The van der Waals surface area contributed by atoms with Gasteiger partial charge < -0.3 is 10.4 Å². The second-order valence-corrected chi connectivity index (χ2v) is 6.75. The zero-order valence-electron chi connectivity index (χ0n) is 12.9. The zero-order valence-corrected chi connectivity index (χ0v) is 14.5. The molecule has 122 valence electrons. The Labute approximate surface area is 146 Å². The lowest BCUT2D eigenvalue weighted by Gasteiger charge is -2.15. The summed E-state index contributed by atoms with van der Waals surface area (Å²) in [6.45, 7) is 1.94. The highest BCUT2D eigenvalue weighted by molar-refractivity contribution is 7.99. The molecule has 0 spiro atoms. The van der Waals surface area contributed by atoms with Crippen molar-refractivity contribution in [3.05, 3.63) is 70.7 Å². The Morgan fingerprint density at radius 3 is 2.43 bits per heavy atom. The van der Waals surface area contributed by atoms with Crippen molar-refractivity contribution >= 4 is 29.3 Å². The summed E-state index contributed by atoms with van der Waals surface area (Å²) in [4.78, 5) is 12.0. The Morgan fingerprint density at radius 2 is 1.78 bits per heavy atom. The highest BCUT2D eigenvalue weighted by atomic mass is 35.5. The molecule has 2 atom stereocenters. The van der Waals surface area contributed by atoms with E-state index in [1.54, 1.807) is 0 Å². The normalized spacial score (nSPS) is 13.3. The lowest BCUT2D eigenvalue weighted by Crippen LogP contribution is -2.28. The van der Waals surface area contributed by atoms with Crippen molar-refractivity contribution in [1.82, 2.24) is 5.32 Å². The lowest BCUT2D eigenvalue weighted by molar-refractivity contribution is -0.119. The minimum absolute atomic E-state index is 0.0438. The van der Waals surface area contributed by atoms with E-state index < -0.39 is 6.10 Å². The van der Waals surface area contributed by atoms with Crippen LogP contribution in [-0.4, -0.2) is 22.5 Å². The number of aliphatic hydroxyl groups excluding tert-OH is 1. The fourth-order valence-corrected chi connectivity index (χ4v) is 3.08. The van der Waals surface area contributed by atoms with Gasteiger partial charge in [0.25, 0.3) is 0 Å². The van der Waals surface area contributed by atoms with Crippen LogP contribution in [-0.2, 0) is 4.79 Å². The van der Waals surface area contributed by atoms with Crippen LogP contribution in [0.2, 0.25) is 5.02 Å². The molecule has 3 nitrogen and oxygen atoms in total. The molecule has 0 aliphatic carbocycles. The first-order chi connectivity index (χ1) is 11.1. The number of halogens is 1. The van der Waals surface area contributed by atoms with Crippen molar-refractivity contribution in [3.63, 3.8) is 0 Å². The molecule has 0 saturated carbocycles. The molecule has 2 rings (SSSR count). The molecule has 2 N–H and O–H groups in total. The molecule has 2 unspecified atom stereocenters. The summed E-state index contributed by atoms with van der Waals surface area (Å²) in [5.74, 6) is 0.770. The Balaban J connectivity index is 1.73. The van der Waals surface area contributed by atoms with Gasteiger partial charge in [0.1, 0.15) is 0 Å². The SMILES string of the molecule is CC(NC(=O)CSCC(O)c1ccccc1)c1ccc(Cl)cc1. The standard InChI is InChI=1S/C18H20ClNO2S/c1-13(14-7-9-16(19)10-8-14)20-18(22)12-23-11-17(21)15-5-3-2-4-6-15/h2-10,13,17,21H,11-12H2,1H3,(H,20,22). The van der Waals surface area contributed by atoms with E-state index in [0.717, 1.165) is 11.1 Å². The highest BCUT2D eigenvalue weighted by Gasteiger charge is 2.11. The third kappa shape index (κ3) is 5.90. The summed E-state index contributed by atoms with van der Waals surface area (Å²) in [7, 11) is 0. The molecule has 0 heterocycles. The summed E-state index contributed by atoms with van der Waals surface area (Å²) in [5, 5.41) is 13.7. The van der Waals surface area contributed by atoms with Crippen molar-refractivity contribution in [2.75, 3.05) is 11.5 Å². The van der Waals surface area contributed by atoms with E-state index in [9.17, 15) is 9.90 Å². The number of hydrogen-bond acceptors (Lipinski definition) is 3. The zero-order chi connectivity index (χ0) is 16.7. The quantitative estimate of drug-likeness (QED) is 0.794. The van der Waals surface area contributed by atoms with E-state index in [0.29, 0.717) is 16.5 Å². The van der Waals surface area contributed by atoms with Crippen molar-refractivity contribution in [2.45, 2.75) is 19.1 Å². The first-order valence-electron chi connectivity index (χ1n) is 7.42. The number of carbonyl (C=O) groups is 1. The van der Waals surface area contributed by atoms with Gasteiger partial charge in [-0.2, -0.15) is 0 Å². The van der Waals surface area contributed by atoms with Gasteiger partial charge in [0, 0.05) is 10.8 Å². The second kappa shape index (κ2) is 8.96. The third-order valence-electron chi connectivity index (χ3n) is 3.44. The molecule has 0 aromatic heterocycles.